The van der Waals surface area contributed by atoms with Gasteiger partial charge in [0.05, 0.1) is 10.5 Å². The van der Waals surface area contributed by atoms with Crippen molar-refractivity contribution >= 4 is 11.4 Å². The first kappa shape index (κ1) is 10.9. The van der Waals surface area contributed by atoms with E-state index in [1.165, 1.54) is 12.1 Å². The minimum atomic E-state index is -0.586. The van der Waals surface area contributed by atoms with Gasteiger partial charge in [-0.15, -0.1) is 0 Å². The van der Waals surface area contributed by atoms with Gasteiger partial charge in [-0.05, 0) is 17.7 Å². The Hall–Kier alpha value is -2.56. The number of anilines is 1. The molecule has 0 unspecified atom stereocenters. The topological polar surface area (TPSA) is 89.4 Å². The van der Waals surface area contributed by atoms with Crippen molar-refractivity contribution < 1.29 is 10.0 Å². The monoisotopic (exact) mass is 230 g/mol. The number of phenolic OH excluding ortho intramolecular Hbond substituents is 1. The van der Waals surface area contributed by atoms with Crippen LogP contribution in [0.2, 0.25) is 0 Å². The zero-order chi connectivity index (χ0) is 12.4. The second-order valence-electron chi connectivity index (χ2n) is 3.52. The molecule has 0 saturated heterocycles. The first-order valence-corrected chi connectivity index (χ1v) is 4.92. The second kappa shape index (κ2) is 4.13. The van der Waals surface area contributed by atoms with Crippen molar-refractivity contribution in [1.82, 2.24) is 0 Å². The van der Waals surface area contributed by atoms with Gasteiger partial charge in [0, 0.05) is 0 Å². The van der Waals surface area contributed by atoms with Gasteiger partial charge in [-0.3, -0.25) is 10.1 Å². The fraction of sp³-hybridized carbons (Fsp3) is 0. The SMILES string of the molecule is Nc1c(O)ccc(-c2ccccc2)c1[N+](=O)[O-]. The molecule has 0 saturated carbocycles. The van der Waals surface area contributed by atoms with E-state index in [0.717, 1.165) is 0 Å². The summed E-state index contributed by atoms with van der Waals surface area (Å²) in [6.07, 6.45) is 0. The molecule has 5 nitrogen and oxygen atoms in total. The van der Waals surface area contributed by atoms with Crippen LogP contribution in [0.5, 0.6) is 5.75 Å². The summed E-state index contributed by atoms with van der Waals surface area (Å²) in [4.78, 5) is 10.4. The summed E-state index contributed by atoms with van der Waals surface area (Å²) < 4.78 is 0. The van der Waals surface area contributed by atoms with Crippen molar-refractivity contribution in [1.29, 1.82) is 0 Å². The molecule has 2 aromatic rings. The fourth-order valence-electron chi connectivity index (χ4n) is 1.64. The number of benzene rings is 2. The van der Waals surface area contributed by atoms with E-state index in [9.17, 15) is 15.2 Å². The van der Waals surface area contributed by atoms with Crippen molar-refractivity contribution in [2.45, 2.75) is 0 Å². The lowest BCUT2D eigenvalue weighted by molar-refractivity contribution is -0.383. The standard InChI is InChI=1S/C12H10N2O3/c13-11-10(15)7-6-9(12(11)14(16)17)8-4-2-1-3-5-8/h1-7,15H,13H2. The zero-order valence-corrected chi connectivity index (χ0v) is 8.83. The van der Waals surface area contributed by atoms with E-state index in [4.69, 9.17) is 5.73 Å². The van der Waals surface area contributed by atoms with Crippen molar-refractivity contribution in [3.05, 3.63) is 52.6 Å². The second-order valence-corrected chi connectivity index (χ2v) is 3.52. The number of hydrogen-bond donors (Lipinski definition) is 2. The summed E-state index contributed by atoms with van der Waals surface area (Å²) in [6.45, 7) is 0. The molecule has 0 heterocycles. The van der Waals surface area contributed by atoms with Crippen molar-refractivity contribution in [3.8, 4) is 16.9 Å². The van der Waals surface area contributed by atoms with Crippen LogP contribution in [0.4, 0.5) is 11.4 Å². The van der Waals surface area contributed by atoms with E-state index in [2.05, 4.69) is 0 Å². The largest absolute Gasteiger partial charge is 0.506 e. The molecular formula is C12H10N2O3. The van der Waals surface area contributed by atoms with E-state index in [1.807, 2.05) is 6.07 Å². The molecule has 0 aliphatic heterocycles. The molecule has 17 heavy (non-hydrogen) atoms. The molecule has 0 spiro atoms. The molecule has 0 radical (unpaired) electrons. The average molecular weight is 230 g/mol. The molecule has 0 amide bonds. The number of nitrogens with zero attached hydrogens (tertiary/aromatic N) is 1. The van der Waals surface area contributed by atoms with Crippen LogP contribution in [-0.2, 0) is 0 Å². The lowest BCUT2D eigenvalue weighted by Crippen LogP contribution is -1.98. The number of nitrogen functional groups attached to an aromatic ring is 1. The smallest absolute Gasteiger partial charge is 0.303 e. The van der Waals surface area contributed by atoms with Crippen LogP contribution in [0, 0.1) is 10.1 Å². The van der Waals surface area contributed by atoms with Gasteiger partial charge in [-0.2, -0.15) is 0 Å². The molecule has 2 aromatic carbocycles. The molecule has 2 rings (SSSR count). The number of phenols is 1. The quantitative estimate of drug-likeness (QED) is 0.359. The summed E-state index contributed by atoms with van der Waals surface area (Å²) in [5.74, 6) is -0.281. The third kappa shape index (κ3) is 1.90. The number of rotatable bonds is 2. The molecule has 0 aromatic heterocycles. The van der Waals surface area contributed by atoms with Crippen LogP contribution in [0.1, 0.15) is 0 Å². The molecule has 0 atom stereocenters. The number of aromatic hydroxyl groups is 1. The first-order valence-electron chi connectivity index (χ1n) is 4.92. The number of nitrogens with two attached hydrogens (primary N) is 1. The van der Waals surface area contributed by atoms with Crippen LogP contribution < -0.4 is 5.73 Å². The van der Waals surface area contributed by atoms with Gasteiger partial charge >= 0.3 is 5.69 Å². The molecule has 0 aliphatic carbocycles. The van der Waals surface area contributed by atoms with Gasteiger partial charge in [0.15, 0.2) is 5.69 Å². The maximum absolute atomic E-state index is 11.0. The highest BCUT2D eigenvalue weighted by Gasteiger charge is 2.21. The Balaban J connectivity index is 2.71. The Labute approximate surface area is 97.3 Å². The van der Waals surface area contributed by atoms with E-state index in [-0.39, 0.29) is 17.1 Å². The van der Waals surface area contributed by atoms with Crippen LogP contribution in [-0.4, -0.2) is 10.0 Å². The van der Waals surface area contributed by atoms with E-state index in [1.54, 1.807) is 24.3 Å². The summed E-state index contributed by atoms with van der Waals surface area (Å²) in [5, 5.41) is 20.4. The van der Waals surface area contributed by atoms with Crippen molar-refractivity contribution in [2.24, 2.45) is 0 Å². The van der Waals surface area contributed by atoms with Gasteiger partial charge in [-0.25, -0.2) is 0 Å². The maximum Gasteiger partial charge on any atom is 0.303 e. The summed E-state index contributed by atoms with van der Waals surface area (Å²) >= 11 is 0. The Bertz CT molecular complexity index is 567. The van der Waals surface area contributed by atoms with Gasteiger partial charge in [0.1, 0.15) is 5.75 Å². The highest BCUT2D eigenvalue weighted by Crippen LogP contribution is 2.39. The predicted octanol–water partition coefficient (Wildman–Crippen LogP) is 2.55. The first-order chi connectivity index (χ1) is 8.11. The normalized spacial score (nSPS) is 10.1. The van der Waals surface area contributed by atoms with Crippen molar-refractivity contribution in [2.75, 3.05) is 5.73 Å². The minimum Gasteiger partial charge on any atom is -0.506 e. The van der Waals surface area contributed by atoms with Gasteiger partial charge in [0.2, 0.25) is 0 Å². The van der Waals surface area contributed by atoms with Gasteiger partial charge < -0.3 is 10.8 Å². The highest BCUT2D eigenvalue weighted by atomic mass is 16.6. The molecule has 86 valence electrons. The third-order valence-electron chi connectivity index (χ3n) is 2.46. The van der Waals surface area contributed by atoms with E-state index >= 15 is 0 Å². The Kier molecular flexibility index (Phi) is 2.66. The maximum atomic E-state index is 11.0. The highest BCUT2D eigenvalue weighted by molar-refractivity contribution is 5.84. The molecule has 0 fully saturated rings. The van der Waals surface area contributed by atoms with Gasteiger partial charge in [0.25, 0.3) is 0 Å². The molecule has 0 bridgehead atoms. The Morgan fingerprint density at radius 3 is 2.35 bits per heavy atom. The van der Waals surface area contributed by atoms with Crippen LogP contribution in [0.25, 0.3) is 11.1 Å². The summed E-state index contributed by atoms with van der Waals surface area (Å²) in [7, 11) is 0. The number of hydrogen-bond acceptors (Lipinski definition) is 4. The Morgan fingerprint density at radius 2 is 1.76 bits per heavy atom. The Morgan fingerprint density at radius 1 is 1.12 bits per heavy atom. The molecular weight excluding hydrogens is 220 g/mol. The van der Waals surface area contributed by atoms with Crippen LogP contribution >= 0.6 is 0 Å². The molecule has 0 aliphatic rings. The van der Waals surface area contributed by atoms with Crippen LogP contribution in [0.15, 0.2) is 42.5 Å². The zero-order valence-electron chi connectivity index (χ0n) is 8.83. The lowest BCUT2D eigenvalue weighted by atomic mass is 10.0. The van der Waals surface area contributed by atoms with E-state index < -0.39 is 4.92 Å². The predicted molar refractivity (Wildman–Crippen MR) is 64.6 cm³/mol. The lowest BCUT2D eigenvalue weighted by Gasteiger charge is -2.06. The van der Waals surface area contributed by atoms with Gasteiger partial charge in [-0.1, -0.05) is 30.3 Å². The molecule has 3 N–H and O–H groups in total. The summed E-state index contributed by atoms with van der Waals surface area (Å²) in [5.41, 5.74) is 6.13. The van der Waals surface area contributed by atoms with Crippen LogP contribution in [0.3, 0.4) is 0 Å². The number of nitro benzene ring substituents is 1. The fourth-order valence-corrected chi connectivity index (χ4v) is 1.64. The van der Waals surface area contributed by atoms with Crippen molar-refractivity contribution in [3.63, 3.8) is 0 Å². The third-order valence-corrected chi connectivity index (χ3v) is 2.46. The number of nitro groups is 1. The average Bonchev–Trinajstić information content (AvgIpc) is 2.33. The van der Waals surface area contributed by atoms with E-state index in [0.29, 0.717) is 11.1 Å². The minimum absolute atomic E-state index is 0.212. The molecule has 5 heteroatoms. The summed E-state index contributed by atoms with van der Waals surface area (Å²) in [6, 6.07) is 11.7.